The summed E-state index contributed by atoms with van der Waals surface area (Å²) in [5.74, 6) is 0.814. The Bertz CT molecular complexity index is 1080. The first-order valence-electron chi connectivity index (χ1n) is 12.3. The molecule has 2 aromatic rings. The third-order valence-corrected chi connectivity index (χ3v) is 11.5. The number of piperidine rings is 1. The molecule has 1 aliphatic rings. The van der Waals surface area contributed by atoms with Crippen molar-refractivity contribution < 1.29 is 18.8 Å². The molecule has 1 amide bonds. The van der Waals surface area contributed by atoms with Crippen LogP contribution < -0.4 is 4.43 Å². The molecule has 0 aromatic heterocycles. The minimum absolute atomic E-state index is 0.0920. The van der Waals surface area contributed by atoms with E-state index in [2.05, 4.69) is 46.9 Å². The van der Waals surface area contributed by atoms with Crippen LogP contribution in [0.4, 0.5) is 4.79 Å². The zero-order valence-electron chi connectivity index (χ0n) is 22.4. The molecule has 0 bridgehead atoms. The van der Waals surface area contributed by atoms with Crippen LogP contribution in [0, 0.1) is 12.8 Å². The van der Waals surface area contributed by atoms with E-state index >= 15 is 0 Å². The largest absolute Gasteiger partial charge is 0.543 e. The normalized spacial score (nSPS) is 17.6. The second kappa shape index (κ2) is 9.37. The van der Waals surface area contributed by atoms with Crippen molar-refractivity contribution in [3.63, 3.8) is 0 Å². The van der Waals surface area contributed by atoms with Crippen LogP contribution in [-0.4, -0.2) is 43.8 Å². The van der Waals surface area contributed by atoms with Gasteiger partial charge in [0, 0.05) is 24.6 Å². The molecule has 3 rings (SSSR count). The summed E-state index contributed by atoms with van der Waals surface area (Å²) in [5.41, 5.74) is 1.26. The maximum absolute atomic E-state index is 13.3. The number of Topliss-reactive ketones (excluding diaryl/α,β-unsaturated/α-hetero) is 1. The van der Waals surface area contributed by atoms with E-state index in [1.165, 1.54) is 0 Å². The lowest BCUT2D eigenvalue weighted by Gasteiger charge is -2.37. The highest BCUT2D eigenvalue weighted by Gasteiger charge is 2.39. The van der Waals surface area contributed by atoms with Crippen LogP contribution in [0.15, 0.2) is 30.3 Å². The summed E-state index contributed by atoms with van der Waals surface area (Å²) in [7, 11) is -1.94. The van der Waals surface area contributed by atoms with Gasteiger partial charge in [-0.25, -0.2) is 4.79 Å². The molecule has 1 atom stereocenters. The number of carbonyl (C=O) groups is 2. The van der Waals surface area contributed by atoms with E-state index in [4.69, 9.17) is 9.16 Å². The first kappa shape index (κ1) is 26.3. The summed E-state index contributed by atoms with van der Waals surface area (Å²) >= 11 is 0. The summed E-state index contributed by atoms with van der Waals surface area (Å²) in [6.45, 7) is 19.9. The second-order valence-corrected chi connectivity index (χ2v) is 16.8. The molecular weight excluding hydrogens is 442 g/mol. The van der Waals surface area contributed by atoms with Crippen molar-refractivity contribution in [1.82, 2.24) is 4.90 Å². The topological polar surface area (TPSA) is 55.8 Å². The van der Waals surface area contributed by atoms with E-state index in [1.54, 1.807) is 4.90 Å². The fourth-order valence-corrected chi connectivity index (χ4v) is 5.15. The number of rotatable bonds is 4. The van der Waals surface area contributed by atoms with E-state index in [9.17, 15) is 9.59 Å². The van der Waals surface area contributed by atoms with Gasteiger partial charge in [-0.15, -0.1) is 0 Å². The Morgan fingerprint density at radius 1 is 1.03 bits per heavy atom. The van der Waals surface area contributed by atoms with Gasteiger partial charge < -0.3 is 14.1 Å². The maximum Gasteiger partial charge on any atom is 0.410 e. The number of nitrogens with zero attached hydrogens (tertiary/aromatic N) is 1. The Balaban J connectivity index is 1.80. The lowest BCUT2D eigenvalue weighted by Crippen LogP contribution is -2.44. The summed E-state index contributed by atoms with van der Waals surface area (Å²) in [6, 6.07) is 10.0. The number of aryl methyl sites for hydroxylation is 1. The SMILES string of the molecule is Cc1c(O[Si](C)(C)C(C)(C)C)ccc2cc(C(=O)C3CCCN(C(=O)OC(C)(C)C)C3)ccc12. The van der Waals surface area contributed by atoms with Crippen molar-refractivity contribution in [3.05, 3.63) is 41.5 Å². The third kappa shape index (κ3) is 5.83. The summed E-state index contributed by atoms with van der Waals surface area (Å²) in [4.78, 5) is 27.5. The number of carbonyl (C=O) groups excluding carboxylic acids is 2. The Labute approximate surface area is 205 Å². The van der Waals surface area contributed by atoms with Gasteiger partial charge in [-0.2, -0.15) is 0 Å². The average Bonchev–Trinajstić information content (AvgIpc) is 2.73. The lowest BCUT2D eigenvalue weighted by molar-refractivity contribution is 0.0172. The molecule has 1 saturated heterocycles. The van der Waals surface area contributed by atoms with Crippen molar-refractivity contribution in [2.75, 3.05) is 13.1 Å². The first-order valence-corrected chi connectivity index (χ1v) is 15.2. The molecule has 6 heteroatoms. The first-order chi connectivity index (χ1) is 15.6. The van der Waals surface area contributed by atoms with Gasteiger partial charge in [0.2, 0.25) is 8.32 Å². The number of amides is 1. The van der Waals surface area contributed by atoms with Crippen LogP contribution in [0.25, 0.3) is 10.8 Å². The van der Waals surface area contributed by atoms with Crippen LogP contribution in [0.2, 0.25) is 18.1 Å². The Morgan fingerprint density at radius 2 is 1.71 bits per heavy atom. The summed E-state index contributed by atoms with van der Waals surface area (Å²) < 4.78 is 12.1. The molecule has 1 fully saturated rings. The molecule has 1 aliphatic heterocycles. The zero-order valence-corrected chi connectivity index (χ0v) is 23.4. The van der Waals surface area contributed by atoms with E-state index in [1.807, 2.05) is 45.0 Å². The van der Waals surface area contributed by atoms with E-state index in [0.717, 1.165) is 34.9 Å². The Kier molecular flexibility index (Phi) is 7.23. The van der Waals surface area contributed by atoms with Gasteiger partial charge in [0.25, 0.3) is 0 Å². The number of fused-ring (bicyclic) bond motifs is 1. The predicted octanol–water partition coefficient (Wildman–Crippen LogP) is 7.36. The van der Waals surface area contributed by atoms with Gasteiger partial charge in [0.15, 0.2) is 5.78 Å². The molecule has 1 unspecified atom stereocenters. The number of hydrogen-bond acceptors (Lipinski definition) is 4. The highest BCUT2D eigenvalue weighted by atomic mass is 28.4. The maximum atomic E-state index is 13.3. The Hall–Kier alpha value is -2.34. The number of likely N-dealkylation sites (tertiary alicyclic amines) is 1. The number of ether oxygens (including phenoxy) is 1. The van der Waals surface area contributed by atoms with Gasteiger partial charge in [0.05, 0.1) is 0 Å². The predicted molar refractivity (Wildman–Crippen MR) is 141 cm³/mol. The molecule has 0 radical (unpaired) electrons. The van der Waals surface area contributed by atoms with Gasteiger partial charge in [0.1, 0.15) is 11.4 Å². The van der Waals surface area contributed by atoms with Crippen LogP contribution >= 0.6 is 0 Å². The minimum atomic E-state index is -1.94. The van der Waals surface area contributed by atoms with Crippen molar-refractivity contribution in [1.29, 1.82) is 0 Å². The Morgan fingerprint density at radius 3 is 2.32 bits per heavy atom. The average molecular weight is 484 g/mol. The molecular formula is C28H41NO4Si. The summed E-state index contributed by atoms with van der Waals surface area (Å²) in [6.07, 6.45) is 1.25. The molecule has 186 valence electrons. The van der Waals surface area contributed by atoms with Crippen molar-refractivity contribution in [3.8, 4) is 5.75 Å². The van der Waals surface area contributed by atoms with Crippen molar-refractivity contribution >= 4 is 31.0 Å². The molecule has 1 heterocycles. The highest BCUT2D eigenvalue weighted by molar-refractivity contribution is 6.74. The van der Waals surface area contributed by atoms with Crippen LogP contribution in [0.5, 0.6) is 5.75 Å². The summed E-state index contributed by atoms with van der Waals surface area (Å²) in [5, 5.41) is 2.26. The molecule has 5 nitrogen and oxygen atoms in total. The lowest BCUT2D eigenvalue weighted by atomic mass is 9.89. The number of hydrogen-bond donors (Lipinski definition) is 0. The molecule has 2 aromatic carbocycles. The molecule has 0 N–H and O–H groups in total. The third-order valence-electron chi connectivity index (χ3n) is 7.14. The van der Waals surface area contributed by atoms with Gasteiger partial charge in [-0.05, 0) is 87.1 Å². The monoisotopic (exact) mass is 483 g/mol. The molecule has 0 aliphatic carbocycles. The van der Waals surface area contributed by atoms with E-state index in [-0.39, 0.29) is 22.8 Å². The van der Waals surface area contributed by atoms with Crippen LogP contribution in [-0.2, 0) is 4.74 Å². The fourth-order valence-electron chi connectivity index (χ4n) is 4.08. The standard InChI is InChI=1S/C28H41NO4Si/c1-19-23-14-12-21(17-20(23)13-15-24(19)33-34(8,9)28(5,6)7)25(30)22-11-10-16-29(18-22)26(31)32-27(2,3)4/h12-15,17,22H,10-11,16,18H2,1-9H3. The molecule has 0 saturated carbocycles. The molecule has 34 heavy (non-hydrogen) atoms. The van der Waals surface area contributed by atoms with E-state index < -0.39 is 13.9 Å². The minimum Gasteiger partial charge on any atom is -0.543 e. The van der Waals surface area contributed by atoms with Crippen LogP contribution in [0.1, 0.15) is 70.3 Å². The number of ketones is 1. The van der Waals surface area contributed by atoms with Crippen LogP contribution in [0.3, 0.4) is 0 Å². The van der Waals surface area contributed by atoms with Gasteiger partial charge in [-0.3, -0.25) is 4.79 Å². The smallest absolute Gasteiger partial charge is 0.410 e. The highest BCUT2D eigenvalue weighted by Crippen LogP contribution is 2.39. The van der Waals surface area contributed by atoms with Crippen molar-refractivity contribution in [2.45, 2.75) is 85.0 Å². The number of benzene rings is 2. The van der Waals surface area contributed by atoms with Gasteiger partial charge >= 0.3 is 6.09 Å². The van der Waals surface area contributed by atoms with E-state index in [0.29, 0.717) is 18.7 Å². The second-order valence-electron chi connectivity index (χ2n) is 12.1. The quantitative estimate of drug-likeness (QED) is 0.337. The molecule has 0 spiro atoms. The van der Waals surface area contributed by atoms with Crippen molar-refractivity contribution in [2.24, 2.45) is 5.92 Å². The van der Waals surface area contributed by atoms with Gasteiger partial charge in [-0.1, -0.05) is 39.0 Å². The fraction of sp³-hybridized carbons (Fsp3) is 0.571. The zero-order chi connectivity index (χ0) is 25.5.